The monoisotopic (exact) mass is 339 g/mol. The molecule has 0 spiro atoms. The minimum atomic E-state index is -4.39. The van der Waals surface area contributed by atoms with E-state index in [4.69, 9.17) is 12.2 Å². The van der Waals surface area contributed by atoms with Gasteiger partial charge in [-0.15, -0.1) is 0 Å². The lowest BCUT2D eigenvalue weighted by Gasteiger charge is -2.12. The van der Waals surface area contributed by atoms with Crippen LogP contribution in [0.25, 0.3) is 0 Å². The van der Waals surface area contributed by atoms with Gasteiger partial charge in [-0.2, -0.15) is 13.2 Å². The Labute approximate surface area is 135 Å². The second kappa shape index (κ2) is 7.10. The van der Waals surface area contributed by atoms with Crippen molar-refractivity contribution in [3.8, 4) is 0 Å². The van der Waals surface area contributed by atoms with Crippen molar-refractivity contribution in [2.24, 2.45) is 0 Å². The highest BCUT2D eigenvalue weighted by Crippen LogP contribution is 2.29. The summed E-state index contributed by atoms with van der Waals surface area (Å²) in [6, 6.07) is 12.8. The summed E-state index contributed by atoms with van der Waals surface area (Å²) in [5, 5.41) is 2.72. The number of amides is 1. The van der Waals surface area contributed by atoms with Crippen LogP contribution in [-0.4, -0.2) is 11.0 Å². The van der Waals surface area contributed by atoms with Crippen molar-refractivity contribution in [2.45, 2.75) is 6.18 Å². The normalized spacial score (nSPS) is 10.7. The van der Waals surface area contributed by atoms with Crippen LogP contribution in [0.1, 0.15) is 15.9 Å². The standard InChI is InChI=1S/C15H12F3N3OS/c16-15(17,18)11-6-8-12(9-7-11)19-14(23)21-20-13(22)10-4-2-1-3-5-10/h1-9H,(H,20,22)(H2,19,21,23). The zero-order chi connectivity index (χ0) is 16.9. The van der Waals surface area contributed by atoms with E-state index in [2.05, 4.69) is 16.2 Å². The minimum absolute atomic E-state index is 0.0500. The van der Waals surface area contributed by atoms with Gasteiger partial charge < -0.3 is 5.32 Å². The number of hydrazine groups is 1. The Kier molecular flexibility index (Phi) is 5.17. The van der Waals surface area contributed by atoms with Crippen LogP contribution in [0.15, 0.2) is 54.6 Å². The number of nitrogens with one attached hydrogen (secondary N) is 3. The highest BCUT2D eigenvalue weighted by atomic mass is 32.1. The summed E-state index contributed by atoms with van der Waals surface area (Å²) >= 11 is 4.95. The molecule has 0 saturated carbocycles. The third-order valence-electron chi connectivity index (χ3n) is 2.80. The number of anilines is 1. The van der Waals surface area contributed by atoms with E-state index < -0.39 is 11.7 Å². The summed E-state index contributed by atoms with van der Waals surface area (Å²) in [7, 11) is 0. The number of hydrogen-bond donors (Lipinski definition) is 3. The lowest BCUT2D eigenvalue weighted by atomic mass is 10.2. The molecule has 23 heavy (non-hydrogen) atoms. The third kappa shape index (κ3) is 4.96. The van der Waals surface area contributed by atoms with E-state index in [1.54, 1.807) is 30.3 Å². The Morgan fingerprint density at radius 2 is 1.52 bits per heavy atom. The number of alkyl halides is 3. The number of thiocarbonyl (C=S) groups is 1. The average molecular weight is 339 g/mol. The predicted molar refractivity (Wildman–Crippen MR) is 84.7 cm³/mol. The van der Waals surface area contributed by atoms with Crippen molar-refractivity contribution in [1.29, 1.82) is 0 Å². The van der Waals surface area contributed by atoms with Gasteiger partial charge in [-0.3, -0.25) is 15.6 Å². The largest absolute Gasteiger partial charge is 0.416 e. The number of carbonyl (C=O) groups excluding carboxylic acids is 1. The fourth-order valence-electron chi connectivity index (χ4n) is 1.68. The van der Waals surface area contributed by atoms with Crippen LogP contribution >= 0.6 is 12.2 Å². The molecule has 0 radical (unpaired) electrons. The van der Waals surface area contributed by atoms with Crippen LogP contribution in [0.3, 0.4) is 0 Å². The highest BCUT2D eigenvalue weighted by Gasteiger charge is 2.29. The number of benzene rings is 2. The first-order valence-corrected chi connectivity index (χ1v) is 6.87. The van der Waals surface area contributed by atoms with E-state index in [9.17, 15) is 18.0 Å². The Bertz CT molecular complexity index is 687. The molecular formula is C15H12F3N3OS. The van der Waals surface area contributed by atoms with E-state index in [0.717, 1.165) is 12.1 Å². The topological polar surface area (TPSA) is 53.2 Å². The molecule has 1 amide bonds. The molecule has 8 heteroatoms. The van der Waals surface area contributed by atoms with E-state index in [1.807, 2.05) is 0 Å². The first-order valence-electron chi connectivity index (χ1n) is 6.46. The lowest BCUT2D eigenvalue weighted by molar-refractivity contribution is -0.137. The summed E-state index contributed by atoms with van der Waals surface area (Å²) in [4.78, 5) is 11.8. The maximum atomic E-state index is 12.4. The number of hydrogen-bond acceptors (Lipinski definition) is 2. The minimum Gasteiger partial charge on any atom is -0.331 e. The number of halogens is 3. The molecule has 0 aliphatic carbocycles. The van der Waals surface area contributed by atoms with Gasteiger partial charge in [0.15, 0.2) is 5.11 Å². The van der Waals surface area contributed by atoms with Gasteiger partial charge in [-0.25, -0.2) is 0 Å². The van der Waals surface area contributed by atoms with Crippen LogP contribution in [0.4, 0.5) is 18.9 Å². The van der Waals surface area contributed by atoms with Crippen LogP contribution in [0.2, 0.25) is 0 Å². The van der Waals surface area contributed by atoms with Crippen LogP contribution < -0.4 is 16.2 Å². The van der Waals surface area contributed by atoms with Crippen molar-refractivity contribution in [3.05, 3.63) is 65.7 Å². The molecule has 2 aromatic rings. The van der Waals surface area contributed by atoms with E-state index in [1.165, 1.54) is 12.1 Å². The SMILES string of the molecule is O=C(NNC(=S)Nc1ccc(C(F)(F)F)cc1)c1ccccc1. The van der Waals surface area contributed by atoms with Crippen LogP contribution in [-0.2, 0) is 6.18 Å². The Balaban J connectivity index is 1.86. The van der Waals surface area contributed by atoms with E-state index in [0.29, 0.717) is 11.3 Å². The van der Waals surface area contributed by atoms with Crippen LogP contribution in [0.5, 0.6) is 0 Å². The summed E-state index contributed by atoms with van der Waals surface area (Å²) < 4.78 is 37.3. The molecule has 2 aromatic carbocycles. The van der Waals surface area contributed by atoms with Gasteiger partial charge in [0.25, 0.3) is 5.91 Å². The van der Waals surface area contributed by atoms with Crippen molar-refractivity contribution in [3.63, 3.8) is 0 Å². The summed E-state index contributed by atoms with van der Waals surface area (Å²) in [5.74, 6) is -0.387. The zero-order valence-corrected chi connectivity index (χ0v) is 12.5. The average Bonchev–Trinajstić information content (AvgIpc) is 2.53. The Morgan fingerprint density at radius 1 is 0.913 bits per heavy atom. The van der Waals surface area contributed by atoms with Crippen molar-refractivity contribution in [2.75, 3.05) is 5.32 Å². The molecule has 0 aliphatic rings. The summed E-state index contributed by atoms with van der Waals surface area (Å²) in [6.07, 6.45) is -4.39. The number of rotatable bonds is 2. The van der Waals surface area contributed by atoms with Gasteiger partial charge in [0, 0.05) is 11.3 Å². The first-order chi connectivity index (χ1) is 10.9. The van der Waals surface area contributed by atoms with E-state index in [-0.39, 0.29) is 11.0 Å². The zero-order valence-electron chi connectivity index (χ0n) is 11.6. The molecule has 4 nitrogen and oxygen atoms in total. The fourth-order valence-corrected chi connectivity index (χ4v) is 1.85. The predicted octanol–water partition coefficient (Wildman–Crippen LogP) is 3.34. The molecule has 0 bridgehead atoms. The molecule has 0 heterocycles. The number of carbonyl (C=O) groups is 1. The van der Waals surface area contributed by atoms with Gasteiger partial charge in [0.05, 0.1) is 5.56 Å². The fraction of sp³-hybridized carbons (Fsp3) is 0.0667. The molecular weight excluding hydrogens is 327 g/mol. The van der Waals surface area contributed by atoms with Gasteiger partial charge in [0.1, 0.15) is 0 Å². The second-order valence-corrected chi connectivity index (χ2v) is 4.88. The quantitative estimate of drug-likeness (QED) is 0.580. The van der Waals surface area contributed by atoms with Crippen LogP contribution in [0, 0.1) is 0 Å². The van der Waals surface area contributed by atoms with Crippen molar-refractivity contribution >= 4 is 28.9 Å². The third-order valence-corrected chi connectivity index (χ3v) is 3.00. The second-order valence-electron chi connectivity index (χ2n) is 4.47. The molecule has 0 unspecified atom stereocenters. The summed E-state index contributed by atoms with van der Waals surface area (Å²) in [5.41, 5.74) is 4.91. The molecule has 2 rings (SSSR count). The molecule has 0 aromatic heterocycles. The van der Waals surface area contributed by atoms with Gasteiger partial charge in [-0.05, 0) is 48.6 Å². The summed E-state index contributed by atoms with van der Waals surface area (Å²) in [6.45, 7) is 0. The van der Waals surface area contributed by atoms with Crippen molar-refractivity contribution in [1.82, 2.24) is 10.9 Å². The molecule has 0 saturated heterocycles. The van der Waals surface area contributed by atoms with E-state index >= 15 is 0 Å². The Morgan fingerprint density at radius 3 is 2.09 bits per heavy atom. The molecule has 0 aliphatic heterocycles. The van der Waals surface area contributed by atoms with Gasteiger partial charge >= 0.3 is 6.18 Å². The van der Waals surface area contributed by atoms with Gasteiger partial charge in [-0.1, -0.05) is 18.2 Å². The maximum absolute atomic E-state index is 12.4. The lowest BCUT2D eigenvalue weighted by Crippen LogP contribution is -2.43. The molecule has 3 N–H and O–H groups in total. The molecule has 0 atom stereocenters. The van der Waals surface area contributed by atoms with Gasteiger partial charge in [0.2, 0.25) is 0 Å². The van der Waals surface area contributed by atoms with Crippen molar-refractivity contribution < 1.29 is 18.0 Å². The molecule has 120 valence electrons. The molecule has 0 fully saturated rings. The smallest absolute Gasteiger partial charge is 0.331 e. The Hall–Kier alpha value is -2.61. The maximum Gasteiger partial charge on any atom is 0.416 e. The highest BCUT2D eigenvalue weighted by molar-refractivity contribution is 7.80. The first kappa shape index (κ1) is 16.8.